The molecule has 0 aliphatic carbocycles. The number of benzene rings is 1. The third kappa shape index (κ3) is 2.33. The van der Waals surface area contributed by atoms with Gasteiger partial charge in [-0.25, -0.2) is 4.79 Å². The molecule has 0 aromatic heterocycles. The van der Waals surface area contributed by atoms with Gasteiger partial charge < -0.3 is 14.6 Å². The Hall–Kier alpha value is -2.24. The van der Waals surface area contributed by atoms with Crippen LogP contribution in [0, 0.1) is 0 Å². The van der Waals surface area contributed by atoms with Crippen LogP contribution in [0.4, 0.5) is 5.69 Å². The van der Waals surface area contributed by atoms with Crippen molar-refractivity contribution in [3.63, 3.8) is 0 Å². The van der Waals surface area contributed by atoms with Crippen molar-refractivity contribution < 1.29 is 24.2 Å². The molecule has 1 unspecified atom stereocenters. The minimum atomic E-state index is -1.01. The van der Waals surface area contributed by atoms with Gasteiger partial charge >= 0.3 is 5.97 Å². The number of carbonyl (C=O) groups is 2. The lowest BCUT2D eigenvalue weighted by Gasteiger charge is -2.23. The zero-order valence-corrected chi connectivity index (χ0v) is 10.8. The first kappa shape index (κ1) is 13.2. The van der Waals surface area contributed by atoms with Crippen LogP contribution < -0.4 is 14.4 Å². The van der Waals surface area contributed by atoms with Gasteiger partial charge in [-0.15, -0.1) is 0 Å². The number of anilines is 1. The Morgan fingerprint density at radius 1 is 1.37 bits per heavy atom. The lowest BCUT2D eigenvalue weighted by Crippen LogP contribution is -2.38. The summed E-state index contributed by atoms with van der Waals surface area (Å²) in [4.78, 5) is 24.4. The fourth-order valence-corrected chi connectivity index (χ4v) is 2.20. The van der Waals surface area contributed by atoms with Crippen molar-refractivity contribution in [1.82, 2.24) is 0 Å². The lowest BCUT2D eigenvalue weighted by molar-refractivity contribution is -0.138. The third-order valence-corrected chi connectivity index (χ3v) is 3.14. The number of hydrogen-bond acceptors (Lipinski definition) is 4. The smallest absolute Gasteiger partial charge is 0.326 e. The molecule has 1 aromatic carbocycles. The summed E-state index contributed by atoms with van der Waals surface area (Å²) in [6.45, 7) is 0. The maximum Gasteiger partial charge on any atom is 0.326 e. The van der Waals surface area contributed by atoms with Crippen LogP contribution in [0.25, 0.3) is 0 Å². The first-order valence-electron chi connectivity index (χ1n) is 5.85. The van der Waals surface area contributed by atoms with E-state index >= 15 is 0 Å². The molecule has 6 heteroatoms. The molecular weight excluding hydrogens is 250 g/mol. The van der Waals surface area contributed by atoms with Crippen LogP contribution in [0.5, 0.6) is 11.5 Å². The molecule has 19 heavy (non-hydrogen) atoms. The van der Waals surface area contributed by atoms with Crippen LogP contribution in [0.2, 0.25) is 0 Å². The van der Waals surface area contributed by atoms with E-state index in [2.05, 4.69) is 0 Å². The molecule has 1 saturated heterocycles. The van der Waals surface area contributed by atoms with Crippen molar-refractivity contribution in [2.75, 3.05) is 19.1 Å². The van der Waals surface area contributed by atoms with E-state index < -0.39 is 12.0 Å². The molecule has 0 saturated carbocycles. The van der Waals surface area contributed by atoms with Gasteiger partial charge in [0.1, 0.15) is 17.5 Å². The van der Waals surface area contributed by atoms with Crippen LogP contribution in [0.15, 0.2) is 18.2 Å². The first-order valence-corrected chi connectivity index (χ1v) is 5.85. The molecule has 1 aromatic rings. The van der Waals surface area contributed by atoms with E-state index in [4.69, 9.17) is 14.6 Å². The number of aliphatic carboxylic acids is 1. The molecule has 1 aliphatic rings. The van der Waals surface area contributed by atoms with Gasteiger partial charge in [-0.1, -0.05) is 0 Å². The van der Waals surface area contributed by atoms with Crippen LogP contribution in [0.3, 0.4) is 0 Å². The highest BCUT2D eigenvalue weighted by Gasteiger charge is 2.38. The SMILES string of the molecule is COc1ccc(N2C(=O)CCC2C(=O)O)c(OC)c1. The zero-order valence-electron chi connectivity index (χ0n) is 10.8. The van der Waals surface area contributed by atoms with Crippen LogP contribution in [-0.2, 0) is 9.59 Å². The maximum atomic E-state index is 11.9. The summed E-state index contributed by atoms with van der Waals surface area (Å²) in [5.74, 6) is -0.223. The number of ether oxygens (including phenoxy) is 2. The van der Waals surface area contributed by atoms with Crippen molar-refractivity contribution >= 4 is 17.6 Å². The van der Waals surface area contributed by atoms with Crippen molar-refractivity contribution in [2.45, 2.75) is 18.9 Å². The van der Waals surface area contributed by atoms with Gasteiger partial charge in [-0.05, 0) is 18.6 Å². The Morgan fingerprint density at radius 2 is 2.11 bits per heavy atom. The van der Waals surface area contributed by atoms with Gasteiger partial charge in [0.05, 0.1) is 19.9 Å². The molecule has 0 spiro atoms. The number of methoxy groups -OCH3 is 2. The fourth-order valence-electron chi connectivity index (χ4n) is 2.20. The van der Waals surface area contributed by atoms with E-state index in [0.29, 0.717) is 23.6 Å². The fraction of sp³-hybridized carbons (Fsp3) is 0.385. The molecular formula is C13H15NO5. The number of carbonyl (C=O) groups excluding carboxylic acids is 1. The minimum Gasteiger partial charge on any atom is -0.497 e. The summed E-state index contributed by atoms with van der Waals surface area (Å²) in [5, 5.41) is 9.17. The predicted octanol–water partition coefficient (Wildman–Crippen LogP) is 1.28. The van der Waals surface area contributed by atoms with E-state index in [1.165, 1.54) is 19.1 Å². The monoisotopic (exact) mass is 265 g/mol. The van der Waals surface area contributed by atoms with Crippen molar-refractivity contribution in [3.05, 3.63) is 18.2 Å². The predicted molar refractivity (Wildman–Crippen MR) is 67.7 cm³/mol. The zero-order chi connectivity index (χ0) is 14.0. The lowest BCUT2D eigenvalue weighted by atomic mass is 10.2. The van der Waals surface area contributed by atoms with Crippen molar-refractivity contribution in [3.8, 4) is 11.5 Å². The quantitative estimate of drug-likeness (QED) is 0.887. The summed E-state index contributed by atoms with van der Waals surface area (Å²) >= 11 is 0. The van der Waals surface area contributed by atoms with E-state index in [0.717, 1.165) is 0 Å². The standard InChI is InChI=1S/C13H15NO5/c1-18-8-3-4-9(11(7-8)19-2)14-10(13(16)17)5-6-12(14)15/h3-4,7,10H,5-6H2,1-2H3,(H,16,17). The van der Waals surface area contributed by atoms with Crippen LogP contribution in [0.1, 0.15) is 12.8 Å². The molecule has 0 radical (unpaired) electrons. The molecule has 1 aliphatic heterocycles. The largest absolute Gasteiger partial charge is 0.497 e. The topological polar surface area (TPSA) is 76.1 Å². The number of hydrogen-bond donors (Lipinski definition) is 1. The summed E-state index contributed by atoms with van der Waals surface area (Å²) in [6, 6.07) is 4.09. The van der Waals surface area contributed by atoms with E-state index in [1.54, 1.807) is 18.2 Å². The van der Waals surface area contributed by atoms with Gasteiger partial charge in [0, 0.05) is 12.5 Å². The average Bonchev–Trinajstić information content (AvgIpc) is 2.80. The summed E-state index contributed by atoms with van der Waals surface area (Å²) in [5.41, 5.74) is 0.457. The first-order chi connectivity index (χ1) is 9.08. The molecule has 6 nitrogen and oxygen atoms in total. The second-order valence-corrected chi connectivity index (χ2v) is 4.19. The van der Waals surface area contributed by atoms with E-state index in [9.17, 15) is 9.59 Å². The summed E-state index contributed by atoms with van der Waals surface area (Å²) in [6.07, 6.45) is 0.537. The molecule has 1 heterocycles. The Bertz CT molecular complexity index is 514. The third-order valence-electron chi connectivity index (χ3n) is 3.14. The number of carboxylic acid groups (broad SMARTS) is 1. The number of nitrogens with zero attached hydrogens (tertiary/aromatic N) is 1. The molecule has 2 rings (SSSR count). The van der Waals surface area contributed by atoms with E-state index in [1.807, 2.05) is 0 Å². The van der Waals surface area contributed by atoms with Crippen LogP contribution in [-0.4, -0.2) is 37.2 Å². The van der Waals surface area contributed by atoms with Gasteiger partial charge in [0.15, 0.2) is 0 Å². The van der Waals surface area contributed by atoms with Crippen molar-refractivity contribution in [2.24, 2.45) is 0 Å². The molecule has 0 bridgehead atoms. The molecule has 1 fully saturated rings. The highest BCUT2D eigenvalue weighted by atomic mass is 16.5. The van der Waals surface area contributed by atoms with Gasteiger partial charge in [-0.3, -0.25) is 9.69 Å². The maximum absolute atomic E-state index is 11.9. The molecule has 1 N–H and O–H groups in total. The average molecular weight is 265 g/mol. The molecule has 102 valence electrons. The molecule has 1 atom stereocenters. The number of carboxylic acids is 1. The Balaban J connectivity index is 2.44. The second kappa shape index (κ2) is 5.17. The Kier molecular flexibility index (Phi) is 3.59. The van der Waals surface area contributed by atoms with Gasteiger partial charge in [0.25, 0.3) is 0 Å². The Morgan fingerprint density at radius 3 is 2.68 bits per heavy atom. The van der Waals surface area contributed by atoms with Crippen LogP contribution >= 0.6 is 0 Å². The Labute approximate surface area is 110 Å². The summed E-state index contributed by atoms with van der Waals surface area (Å²) in [7, 11) is 2.99. The summed E-state index contributed by atoms with van der Waals surface area (Å²) < 4.78 is 10.3. The highest BCUT2D eigenvalue weighted by Crippen LogP contribution is 2.36. The van der Waals surface area contributed by atoms with Gasteiger partial charge in [-0.2, -0.15) is 0 Å². The molecule has 1 amide bonds. The van der Waals surface area contributed by atoms with E-state index in [-0.39, 0.29) is 12.3 Å². The van der Waals surface area contributed by atoms with Crippen molar-refractivity contribution in [1.29, 1.82) is 0 Å². The highest BCUT2D eigenvalue weighted by molar-refractivity contribution is 6.03. The number of rotatable bonds is 4. The second-order valence-electron chi connectivity index (χ2n) is 4.19. The number of amides is 1. The normalized spacial score (nSPS) is 18.5. The minimum absolute atomic E-state index is 0.212. The van der Waals surface area contributed by atoms with Gasteiger partial charge in [0.2, 0.25) is 5.91 Å².